The van der Waals surface area contributed by atoms with E-state index in [9.17, 15) is 9.59 Å². The van der Waals surface area contributed by atoms with Crippen molar-refractivity contribution in [2.45, 2.75) is 43.4 Å². The summed E-state index contributed by atoms with van der Waals surface area (Å²) in [6, 6.07) is 3.41. The van der Waals surface area contributed by atoms with E-state index in [1.807, 2.05) is 6.92 Å². The van der Waals surface area contributed by atoms with Crippen molar-refractivity contribution in [3.63, 3.8) is 0 Å². The van der Waals surface area contributed by atoms with Crippen LogP contribution in [0.3, 0.4) is 0 Å². The van der Waals surface area contributed by atoms with E-state index in [1.165, 1.54) is 11.3 Å². The molecule has 4 radical (unpaired) electrons. The predicted molar refractivity (Wildman–Crippen MR) is 111 cm³/mol. The molecule has 1 aliphatic carbocycles. The summed E-state index contributed by atoms with van der Waals surface area (Å²) < 4.78 is 6.00. The minimum absolute atomic E-state index is 0.150. The Labute approximate surface area is 171 Å². The fourth-order valence-electron chi connectivity index (χ4n) is 3.42. The second-order valence-corrected chi connectivity index (χ2v) is 9.17. The number of halogens is 1. The van der Waals surface area contributed by atoms with Gasteiger partial charge >= 0.3 is 0 Å². The number of carbonyl (C=O) groups is 1. The topological polar surface area (TPSA) is 65.1 Å². The molecule has 5 nitrogen and oxygen atoms in total. The number of aromatic nitrogens is 2. The zero-order chi connectivity index (χ0) is 19.3. The maximum absolute atomic E-state index is 13.3. The number of hydrogen-bond acceptors (Lipinski definition) is 5. The van der Waals surface area contributed by atoms with Gasteiger partial charge in [-0.3, -0.25) is 14.2 Å². The number of nitrogens with zero attached hydrogens (tertiary/aromatic N) is 2. The Morgan fingerprint density at radius 3 is 2.85 bits per heavy atom. The van der Waals surface area contributed by atoms with Crippen LogP contribution in [0.5, 0.6) is 0 Å². The summed E-state index contributed by atoms with van der Waals surface area (Å²) in [5, 5.41) is 0.519. The Hall–Kier alpha value is -1.60. The van der Waals surface area contributed by atoms with Gasteiger partial charge in [-0.1, -0.05) is 22.9 Å². The van der Waals surface area contributed by atoms with Gasteiger partial charge in [0.15, 0.2) is 13.6 Å². The number of rotatable bonds is 4. The smallest absolute Gasteiger partial charge is 0.262 e. The van der Waals surface area contributed by atoms with Crippen molar-refractivity contribution < 1.29 is 9.21 Å². The van der Waals surface area contributed by atoms with Crippen LogP contribution in [-0.4, -0.2) is 35.3 Å². The summed E-state index contributed by atoms with van der Waals surface area (Å²) in [4.78, 5) is 31.9. The quantitative estimate of drug-likeness (QED) is 0.461. The van der Waals surface area contributed by atoms with Gasteiger partial charge in [0.05, 0.1) is 21.0 Å². The third-order valence-corrected chi connectivity index (χ3v) is 6.66. The van der Waals surface area contributed by atoms with Gasteiger partial charge < -0.3 is 4.42 Å². The largest absolute Gasteiger partial charge is 0.476 e. The number of carbonyl (C=O) groups excluding carboxylic acids is 1. The van der Waals surface area contributed by atoms with Gasteiger partial charge in [-0.05, 0) is 37.0 Å². The normalized spacial score (nSPS) is 19.6. The molecule has 0 aliphatic heterocycles. The molecule has 3 heterocycles. The van der Waals surface area contributed by atoms with Crippen LogP contribution in [-0.2, 0) is 19.4 Å². The molecule has 1 aliphatic rings. The van der Waals surface area contributed by atoms with Gasteiger partial charge in [0.25, 0.3) is 5.56 Å². The third-order valence-electron chi connectivity index (χ3n) is 4.78. The highest BCUT2D eigenvalue weighted by Gasteiger charge is 2.38. The summed E-state index contributed by atoms with van der Waals surface area (Å²) >= 11 is 4.57. The van der Waals surface area contributed by atoms with E-state index in [0.717, 1.165) is 12.0 Å². The summed E-state index contributed by atoms with van der Waals surface area (Å²) in [5.74, 6) is 1.08. The van der Waals surface area contributed by atoms with Gasteiger partial charge in [-0.15, -0.1) is 11.3 Å². The molecule has 0 saturated carbocycles. The van der Waals surface area contributed by atoms with E-state index in [2.05, 4.69) is 15.9 Å². The molecule has 1 unspecified atom stereocenters. The number of aryl methyl sites for hydroxylation is 2. The first-order valence-corrected chi connectivity index (χ1v) is 10.3. The third kappa shape index (κ3) is 3.14. The molecular formula is C18H15B2BrN2O3S. The molecule has 4 rings (SSSR count). The molecule has 0 spiro atoms. The van der Waals surface area contributed by atoms with Gasteiger partial charge in [0.1, 0.15) is 24.3 Å². The first-order chi connectivity index (χ1) is 12.8. The van der Waals surface area contributed by atoms with Gasteiger partial charge in [0, 0.05) is 12.1 Å². The van der Waals surface area contributed by atoms with E-state index < -0.39 is 4.22 Å². The van der Waals surface area contributed by atoms with Crippen LogP contribution < -0.4 is 11.2 Å². The standard InChI is InChI=1S/C18H15B2BrN2O3S/c1-2-3-12-22-16-13(10-6-7-18(20,21)15(24)14(10)27-16)17(25)23(12)8-9-4-5-11(19)26-9/h4-5H,2-3,6-8H2,1H3. The number of alkyl halides is 1. The number of Topliss-reactive ketones (excluding diaryl/α,β-unsaturated/α-hetero) is 1. The van der Waals surface area contributed by atoms with Crippen molar-refractivity contribution in [1.29, 1.82) is 0 Å². The van der Waals surface area contributed by atoms with Crippen LogP contribution in [0.15, 0.2) is 21.3 Å². The molecule has 0 bridgehead atoms. The van der Waals surface area contributed by atoms with Gasteiger partial charge in [-0.2, -0.15) is 0 Å². The molecule has 9 heteroatoms. The molecule has 0 aromatic carbocycles. The number of ketones is 1. The first-order valence-electron chi connectivity index (χ1n) is 8.73. The molecule has 0 saturated heterocycles. The van der Waals surface area contributed by atoms with Crippen LogP contribution in [0.4, 0.5) is 0 Å². The number of fused-ring (bicyclic) bond motifs is 3. The molecular weight excluding hydrogens is 426 g/mol. The van der Waals surface area contributed by atoms with E-state index >= 15 is 0 Å². The maximum atomic E-state index is 13.3. The number of thiophene rings is 1. The summed E-state index contributed by atoms with van der Waals surface area (Å²) in [7, 11) is 11.7. The fraction of sp³-hybridized carbons (Fsp3) is 0.389. The lowest BCUT2D eigenvalue weighted by Crippen LogP contribution is -2.36. The molecule has 27 heavy (non-hydrogen) atoms. The van der Waals surface area contributed by atoms with E-state index in [-0.39, 0.29) is 17.9 Å². The summed E-state index contributed by atoms with van der Waals surface area (Å²) in [5.41, 5.74) is 0.913. The molecule has 0 fully saturated rings. The Bertz CT molecular complexity index is 1120. The minimum atomic E-state index is -1.07. The van der Waals surface area contributed by atoms with Crippen LogP contribution >= 0.6 is 27.3 Å². The van der Waals surface area contributed by atoms with E-state index in [1.54, 1.807) is 16.7 Å². The minimum Gasteiger partial charge on any atom is -0.476 e. The highest BCUT2D eigenvalue weighted by atomic mass is 79.9. The van der Waals surface area contributed by atoms with Crippen LogP contribution in [0.25, 0.3) is 10.2 Å². The molecule has 3 aromatic rings. The van der Waals surface area contributed by atoms with Crippen molar-refractivity contribution in [3.8, 4) is 0 Å². The van der Waals surface area contributed by atoms with Crippen molar-refractivity contribution in [1.82, 2.24) is 9.55 Å². The highest BCUT2D eigenvalue weighted by Crippen LogP contribution is 2.39. The molecule has 134 valence electrons. The molecule has 0 N–H and O–H groups in total. The highest BCUT2D eigenvalue weighted by molar-refractivity contribution is 9.10. The monoisotopic (exact) mass is 440 g/mol. The van der Waals surface area contributed by atoms with Crippen molar-refractivity contribution in [3.05, 3.63) is 44.5 Å². The van der Waals surface area contributed by atoms with Crippen molar-refractivity contribution in [2.75, 3.05) is 0 Å². The predicted octanol–water partition coefficient (Wildman–Crippen LogP) is 2.23. The lowest BCUT2D eigenvalue weighted by atomic mass is 9.74. The SMILES string of the molecule is [B]c1ccc(Cn2c(CCC)nc3sc4c(c3c2=O)CCC([B])(Br)C4=O)o1. The maximum Gasteiger partial charge on any atom is 0.262 e. The second kappa shape index (κ2) is 6.78. The lowest BCUT2D eigenvalue weighted by Gasteiger charge is -2.26. The van der Waals surface area contributed by atoms with Gasteiger partial charge in [0.2, 0.25) is 0 Å². The Morgan fingerprint density at radius 1 is 1.41 bits per heavy atom. The Morgan fingerprint density at radius 2 is 2.19 bits per heavy atom. The van der Waals surface area contributed by atoms with Crippen LogP contribution in [0.1, 0.15) is 46.6 Å². The lowest BCUT2D eigenvalue weighted by molar-refractivity contribution is 0.0971. The zero-order valence-electron chi connectivity index (χ0n) is 14.8. The number of hydrogen-bond donors (Lipinski definition) is 0. The second-order valence-electron chi connectivity index (χ2n) is 6.75. The summed E-state index contributed by atoms with van der Waals surface area (Å²) in [6.45, 7) is 2.29. The average Bonchev–Trinajstić information content (AvgIpc) is 3.19. The Balaban J connectivity index is 1.92. The Kier molecular flexibility index (Phi) is 4.71. The zero-order valence-corrected chi connectivity index (χ0v) is 17.2. The van der Waals surface area contributed by atoms with Gasteiger partial charge in [-0.25, -0.2) is 4.98 Å². The first kappa shape index (κ1) is 18.7. The fourth-order valence-corrected chi connectivity index (χ4v) is 5.21. The van der Waals surface area contributed by atoms with Crippen molar-refractivity contribution >= 4 is 64.6 Å². The van der Waals surface area contributed by atoms with Crippen LogP contribution in [0, 0.1) is 0 Å². The van der Waals surface area contributed by atoms with E-state index in [4.69, 9.17) is 25.1 Å². The summed E-state index contributed by atoms with van der Waals surface area (Å²) in [6.07, 6.45) is 2.49. The average molecular weight is 441 g/mol. The number of furan rings is 1. The van der Waals surface area contributed by atoms with E-state index in [0.29, 0.717) is 51.6 Å². The molecule has 3 aromatic heterocycles. The van der Waals surface area contributed by atoms with Crippen LogP contribution in [0.2, 0.25) is 0 Å². The molecule has 1 atom stereocenters. The van der Waals surface area contributed by atoms with Crippen molar-refractivity contribution in [2.24, 2.45) is 0 Å². The molecule has 0 amide bonds.